The molecule has 1 aliphatic rings. The molecular formula is C19H29Cl2N2OZr-. The van der Waals surface area contributed by atoms with Crippen molar-refractivity contribution in [2.75, 3.05) is 14.2 Å². The van der Waals surface area contributed by atoms with Crippen LogP contribution in [0.15, 0.2) is 17.1 Å². The number of ether oxygens (including phenoxy) is 1. The predicted octanol–water partition coefficient (Wildman–Crippen LogP) is 6.76. The van der Waals surface area contributed by atoms with E-state index in [1.54, 1.807) is 7.11 Å². The molecule has 25 heavy (non-hydrogen) atoms. The van der Waals surface area contributed by atoms with Crippen LogP contribution in [0, 0.1) is 0 Å². The van der Waals surface area contributed by atoms with E-state index in [2.05, 4.69) is 32.2 Å². The van der Waals surface area contributed by atoms with Gasteiger partial charge in [-0.2, -0.15) is 0 Å². The number of benzene rings is 1. The van der Waals surface area contributed by atoms with Crippen LogP contribution in [-0.4, -0.2) is 26.4 Å². The Labute approximate surface area is 171 Å². The van der Waals surface area contributed by atoms with Crippen molar-refractivity contribution >= 4 is 28.9 Å². The molecule has 1 aromatic rings. The van der Waals surface area contributed by atoms with E-state index in [1.807, 2.05) is 19.3 Å². The topological polar surface area (TPSA) is 35.7 Å². The van der Waals surface area contributed by atoms with Gasteiger partial charge < -0.3 is 10.1 Å². The molecule has 0 N–H and O–H groups in total. The first kappa shape index (κ1) is 23.0. The monoisotopic (exact) mass is 461 g/mol. The second-order valence-corrected chi connectivity index (χ2v) is 11.0. The summed E-state index contributed by atoms with van der Waals surface area (Å²) in [6.45, 7) is 6.62. The molecule has 1 fully saturated rings. The molecule has 0 atom stereocenters. The molecule has 0 amide bonds. The minimum absolute atomic E-state index is 0.0246. The Bertz CT molecular complexity index is 553. The Balaban J connectivity index is 0.000000970. The number of hydrogen-bond acceptors (Lipinski definition) is 2. The van der Waals surface area contributed by atoms with Crippen molar-refractivity contribution in [3.63, 3.8) is 0 Å². The van der Waals surface area contributed by atoms with E-state index in [-0.39, 0.29) is 5.41 Å². The molecule has 0 aromatic heterocycles. The summed E-state index contributed by atoms with van der Waals surface area (Å²) in [5, 5.41) is 4.53. The first-order chi connectivity index (χ1) is 11.9. The van der Waals surface area contributed by atoms with Gasteiger partial charge >= 0.3 is 37.9 Å². The van der Waals surface area contributed by atoms with Crippen molar-refractivity contribution in [2.24, 2.45) is 4.99 Å². The molecule has 140 valence electrons. The van der Waals surface area contributed by atoms with Gasteiger partial charge in [0.1, 0.15) is 5.75 Å². The van der Waals surface area contributed by atoms with Crippen molar-refractivity contribution in [3.05, 3.63) is 28.6 Å². The molecule has 0 radical (unpaired) electrons. The maximum absolute atomic E-state index is 5.48. The van der Waals surface area contributed by atoms with Crippen LogP contribution in [0.25, 0.3) is 5.32 Å². The summed E-state index contributed by atoms with van der Waals surface area (Å²) < 4.78 is 5.48. The maximum atomic E-state index is 5.48. The summed E-state index contributed by atoms with van der Waals surface area (Å²) >= 11 is -0.826. The van der Waals surface area contributed by atoms with Gasteiger partial charge in [0.05, 0.1) is 7.11 Å². The normalized spacial score (nSPS) is 15.5. The van der Waals surface area contributed by atoms with Crippen LogP contribution in [0.1, 0.15) is 64.0 Å². The Morgan fingerprint density at radius 2 is 1.80 bits per heavy atom. The summed E-state index contributed by atoms with van der Waals surface area (Å²) in [5.74, 6) is 0.877. The Morgan fingerprint density at radius 1 is 1.20 bits per heavy atom. The zero-order valence-corrected chi connectivity index (χ0v) is 19.9. The van der Waals surface area contributed by atoms with Crippen LogP contribution >= 0.6 is 17.0 Å². The van der Waals surface area contributed by atoms with Gasteiger partial charge in [-0.05, 0) is 36.0 Å². The minimum atomic E-state index is -0.826. The summed E-state index contributed by atoms with van der Waals surface area (Å²) in [4.78, 5) is 4.82. The fraction of sp³-hybridized carbons (Fsp3) is 0.632. The second kappa shape index (κ2) is 11.6. The summed E-state index contributed by atoms with van der Waals surface area (Å²) in [5.41, 5.74) is 3.33. The molecule has 0 saturated heterocycles. The van der Waals surface area contributed by atoms with Gasteiger partial charge in [-0.1, -0.05) is 45.6 Å². The first-order valence-electron chi connectivity index (χ1n) is 8.69. The molecule has 1 aliphatic carbocycles. The van der Waals surface area contributed by atoms with Crippen LogP contribution in [0.4, 0.5) is 5.69 Å². The van der Waals surface area contributed by atoms with Gasteiger partial charge in [-0.3, -0.25) is 4.99 Å². The summed E-state index contributed by atoms with van der Waals surface area (Å²) in [6, 6.07) is 4.62. The number of nitrogens with zero attached hydrogens (tertiary/aromatic N) is 2. The SMILES string of the molecule is C[N-]c1c(C=NC2CCCCC2)cc(OC)cc1C(C)(C)C.[Cl][Zr][Cl]. The number of aliphatic imine (C=N–C) groups is 1. The third kappa shape index (κ3) is 7.61. The number of hydrogen-bond donors (Lipinski definition) is 0. The first-order valence-corrected chi connectivity index (χ1v) is 15.0. The van der Waals surface area contributed by atoms with Crippen molar-refractivity contribution in [1.29, 1.82) is 0 Å². The zero-order chi connectivity index (χ0) is 18.9. The fourth-order valence-electron chi connectivity index (χ4n) is 3.08. The van der Waals surface area contributed by atoms with Gasteiger partial charge in [-0.25, -0.2) is 0 Å². The van der Waals surface area contributed by atoms with E-state index in [0.29, 0.717) is 6.04 Å². The van der Waals surface area contributed by atoms with E-state index in [4.69, 9.17) is 26.8 Å². The summed E-state index contributed by atoms with van der Waals surface area (Å²) in [6.07, 6.45) is 8.40. The number of halogens is 2. The molecule has 6 heteroatoms. The van der Waals surface area contributed by atoms with Gasteiger partial charge in [0.25, 0.3) is 0 Å². The number of rotatable bonds is 4. The van der Waals surface area contributed by atoms with Gasteiger partial charge in [0.15, 0.2) is 0 Å². The fourth-order valence-corrected chi connectivity index (χ4v) is 3.08. The third-order valence-electron chi connectivity index (χ3n) is 4.38. The van der Waals surface area contributed by atoms with E-state index in [0.717, 1.165) is 17.0 Å². The molecule has 3 nitrogen and oxygen atoms in total. The van der Waals surface area contributed by atoms with Crippen LogP contribution < -0.4 is 4.74 Å². The van der Waals surface area contributed by atoms with Crippen molar-refractivity contribution < 1.29 is 25.6 Å². The summed E-state index contributed by atoms with van der Waals surface area (Å²) in [7, 11) is 13.4. The quantitative estimate of drug-likeness (QED) is 0.455. The van der Waals surface area contributed by atoms with Gasteiger partial charge in [0.2, 0.25) is 0 Å². The van der Waals surface area contributed by atoms with Crippen LogP contribution in [0.3, 0.4) is 0 Å². The molecule has 2 rings (SSSR count). The van der Waals surface area contributed by atoms with Crippen molar-refractivity contribution in [2.45, 2.75) is 64.3 Å². The van der Waals surface area contributed by atoms with E-state index >= 15 is 0 Å². The zero-order valence-electron chi connectivity index (χ0n) is 15.9. The third-order valence-corrected chi connectivity index (χ3v) is 4.38. The van der Waals surface area contributed by atoms with Crippen molar-refractivity contribution in [3.8, 4) is 5.75 Å². The average molecular weight is 464 g/mol. The van der Waals surface area contributed by atoms with Gasteiger partial charge in [-0.15, -0.1) is 12.7 Å². The van der Waals surface area contributed by atoms with Crippen LogP contribution in [0.2, 0.25) is 0 Å². The van der Waals surface area contributed by atoms with Gasteiger partial charge in [0, 0.05) is 12.3 Å². The molecule has 0 unspecified atom stereocenters. The average Bonchev–Trinajstić information content (AvgIpc) is 2.59. The molecule has 0 aliphatic heterocycles. The second-order valence-electron chi connectivity index (χ2n) is 7.23. The molecule has 1 saturated carbocycles. The molecular weight excluding hydrogens is 434 g/mol. The van der Waals surface area contributed by atoms with E-state index in [9.17, 15) is 0 Å². The Morgan fingerprint density at radius 3 is 2.28 bits per heavy atom. The van der Waals surface area contributed by atoms with E-state index in [1.165, 1.54) is 37.7 Å². The molecule has 0 spiro atoms. The molecule has 0 bridgehead atoms. The standard InChI is InChI=1S/C19H29N2O.2ClH.Zr/c1-19(2,3)17-12-16(22-5)11-14(18(17)20-4)13-21-15-9-7-6-8-10-15;;;/h11-13,15H,6-10H2,1-5H3;2*1H;/q-1;;;+2/p-2. The number of methoxy groups -OCH3 is 1. The predicted molar refractivity (Wildman–Crippen MR) is 107 cm³/mol. The molecule has 0 heterocycles. The van der Waals surface area contributed by atoms with Crippen LogP contribution in [-0.2, 0) is 26.3 Å². The Hall–Kier alpha value is -0.0469. The molecule has 1 aromatic carbocycles. The van der Waals surface area contributed by atoms with E-state index < -0.39 is 20.8 Å². The Kier molecular flexibility index (Phi) is 10.7. The van der Waals surface area contributed by atoms with Crippen LogP contribution in [0.5, 0.6) is 5.75 Å². The van der Waals surface area contributed by atoms with Crippen molar-refractivity contribution in [1.82, 2.24) is 0 Å².